The first-order chi connectivity index (χ1) is 11.4. The van der Waals surface area contributed by atoms with Gasteiger partial charge in [-0.1, -0.05) is 76.9 Å². The average Bonchev–Trinajstić information content (AvgIpc) is 2.99. The van der Waals surface area contributed by atoms with Gasteiger partial charge in [0, 0.05) is 32.3 Å². The zero-order valence-electron chi connectivity index (χ0n) is 15.4. The van der Waals surface area contributed by atoms with Gasteiger partial charge in [0.1, 0.15) is 6.17 Å². The van der Waals surface area contributed by atoms with E-state index in [-0.39, 0.29) is 0 Å². The topological polar surface area (TPSA) is 41.6 Å². The highest BCUT2D eigenvalue weighted by molar-refractivity contribution is 5.62. The SMILES string of the molecule is CCCCCCCCCCCC/C=C/CC1N=CCN1CCN. The fraction of sp³-hybridized carbons (Fsp3) is 0.850. The van der Waals surface area contributed by atoms with Crippen molar-refractivity contribution in [1.82, 2.24) is 4.90 Å². The molecule has 3 heteroatoms. The number of nitrogens with two attached hydrogens (primary N) is 1. The van der Waals surface area contributed by atoms with Gasteiger partial charge in [0.05, 0.1) is 0 Å². The predicted octanol–water partition coefficient (Wildman–Crippen LogP) is 4.91. The van der Waals surface area contributed by atoms with Gasteiger partial charge in [-0.2, -0.15) is 0 Å². The molecular weight excluding hydrogens is 282 g/mol. The molecule has 0 saturated carbocycles. The van der Waals surface area contributed by atoms with Gasteiger partial charge in [-0.3, -0.25) is 9.89 Å². The van der Waals surface area contributed by atoms with E-state index in [2.05, 4.69) is 29.0 Å². The molecule has 1 unspecified atom stereocenters. The summed E-state index contributed by atoms with van der Waals surface area (Å²) in [7, 11) is 0. The minimum absolute atomic E-state index is 0.336. The molecule has 1 aliphatic rings. The smallest absolute Gasteiger partial charge is 0.105 e. The van der Waals surface area contributed by atoms with E-state index in [4.69, 9.17) is 5.73 Å². The number of aliphatic imine (C=N–C) groups is 1. The highest BCUT2D eigenvalue weighted by Gasteiger charge is 2.18. The third-order valence-electron chi connectivity index (χ3n) is 4.67. The summed E-state index contributed by atoms with van der Waals surface area (Å²) in [5.41, 5.74) is 5.63. The van der Waals surface area contributed by atoms with Crippen LogP contribution in [0.25, 0.3) is 0 Å². The van der Waals surface area contributed by atoms with Crippen LogP contribution < -0.4 is 5.73 Å². The van der Waals surface area contributed by atoms with E-state index in [1.54, 1.807) is 0 Å². The monoisotopic (exact) mass is 321 g/mol. The van der Waals surface area contributed by atoms with E-state index >= 15 is 0 Å². The van der Waals surface area contributed by atoms with Crippen molar-refractivity contribution >= 4 is 6.21 Å². The standard InChI is InChI=1S/C20H39N3/c1-2-3-4-5-6-7-8-9-10-11-12-13-14-15-20-22-17-19-23(20)18-16-21/h13-14,17,20H,2-12,15-16,18-19,21H2,1H3/b14-13+. The van der Waals surface area contributed by atoms with Crippen molar-refractivity contribution < 1.29 is 0 Å². The third-order valence-corrected chi connectivity index (χ3v) is 4.67. The maximum atomic E-state index is 5.63. The number of hydrogen-bond donors (Lipinski definition) is 1. The summed E-state index contributed by atoms with van der Waals surface area (Å²) in [6.07, 6.45) is 23.4. The van der Waals surface area contributed by atoms with Gasteiger partial charge in [-0.15, -0.1) is 0 Å². The Morgan fingerprint density at radius 1 is 1.00 bits per heavy atom. The van der Waals surface area contributed by atoms with Gasteiger partial charge in [0.15, 0.2) is 0 Å². The van der Waals surface area contributed by atoms with E-state index in [1.807, 2.05) is 6.21 Å². The molecule has 1 aliphatic heterocycles. The molecule has 0 radical (unpaired) electrons. The molecular formula is C20H39N3. The van der Waals surface area contributed by atoms with Crippen molar-refractivity contribution in [1.29, 1.82) is 0 Å². The van der Waals surface area contributed by atoms with Gasteiger partial charge in [0.25, 0.3) is 0 Å². The Kier molecular flexibility index (Phi) is 13.2. The molecule has 0 amide bonds. The van der Waals surface area contributed by atoms with Gasteiger partial charge < -0.3 is 5.73 Å². The predicted molar refractivity (Wildman–Crippen MR) is 103 cm³/mol. The van der Waals surface area contributed by atoms with Crippen molar-refractivity contribution in [2.75, 3.05) is 19.6 Å². The molecule has 23 heavy (non-hydrogen) atoms. The summed E-state index contributed by atoms with van der Waals surface area (Å²) >= 11 is 0. The molecule has 0 saturated heterocycles. The van der Waals surface area contributed by atoms with Gasteiger partial charge in [0.2, 0.25) is 0 Å². The summed E-state index contributed by atoms with van der Waals surface area (Å²) in [5.74, 6) is 0. The molecule has 0 bridgehead atoms. The Hall–Kier alpha value is -0.670. The van der Waals surface area contributed by atoms with Crippen molar-refractivity contribution in [3.63, 3.8) is 0 Å². The number of hydrogen-bond acceptors (Lipinski definition) is 3. The van der Waals surface area contributed by atoms with Crippen LogP contribution >= 0.6 is 0 Å². The minimum atomic E-state index is 0.336. The normalized spacial score (nSPS) is 18.4. The van der Waals surface area contributed by atoms with Crippen LogP contribution in [0.3, 0.4) is 0 Å². The molecule has 0 aromatic carbocycles. The zero-order chi connectivity index (χ0) is 16.6. The largest absolute Gasteiger partial charge is 0.329 e. The van der Waals surface area contributed by atoms with Crippen LogP contribution in [0.15, 0.2) is 17.1 Å². The summed E-state index contributed by atoms with van der Waals surface area (Å²) in [6.45, 7) is 4.93. The summed E-state index contributed by atoms with van der Waals surface area (Å²) < 4.78 is 0. The van der Waals surface area contributed by atoms with Crippen LogP contribution in [0, 0.1) is 0 Å². The molecule has 3 nitrogen and oxygen atoms in total. The number of unbranched alkanes of at least 4 members (excludes halogenated alkanes) is 10. The highest BCUT2D eigenvalue weighted by Crippen LogP contribution is 2.13. The lowest BCUT2D eigenvalue weighted by atomic mass is 10.1. The maximum Gasteiger partial charge on any atom is 0.105 e. The quantitative estimate of drug-likeness (QED) is 0.344. The van der Waals surface area contributed by atoms with Crippen LogP contribution in [0.4, 0.5) is 0 Å². The van der Waals surface area contributed by atoms with Crippen molar-refractivity contribution in [2.45, 2.75) is 90.1 Å². The fourth-order valence-electron chi connectivity index (χ4n) is 3.19. The highest BCUT2D eigenvalue weighted by atomic mass is 15.3. The first-order valence-corrected chi connectivity index (χ1v) is 9.99. The van der Waals surface area contributed by atoms with Gasteiger partial charge in [-0.25, -0.2) is 0 Å². The van der Waals surface area contributed by atoms with E-state index in [9.17, 15) is 0 Å². The fourth-order valence-corrected chi connectivity index (χ4v) is 3.19. The average molecular weight is 322 g/mol. The van der Waals surface area contributed by atoms with E-state index in [0.717, 1.165) is 26.1 Å². The Morgan fingerprint density at radius 2 is 1.65 bits per heavy atom. The summed E-state index contributed by atoms with van der Waals surface area (Å²) in [6, 6.07) is 0. The number of rotatable bonds is 15. The lowest BCUT2D eigenvalue weighted by molar-refractivity contribution is 0.259. The lowest BCUT2D eigenvalue weighted by Gasteiger charge is -2.20. The third kappa shape index (κ3) is 10.7. The van der Waals surface area contributed by atoms with Crippen molar-refractivity contribution in [3.8, 4) is 0 Å². The molecule has 1 rings (SSSR count). The number of allylic oxidation sites excluding steroid dienone is 1. The van der Waals surface area contributed by atoms with Crippen LogP contribution in [0.1, 0.15) is 84.0 Å². The Labute approximate surface area is 144 Å². The van der Waals surface area contributed by atoms with Crippen LogP contribution in [0.2, 0.25) is 0 Å². The van der Waals surface area contributed by atoms with Crippen LogP contribution in [-0.2, 0) is 0 Å². The molecule has 0 aromatic heterocycles. The molecule has 0 spiro atoms. The maximum absolute atomic E-state index is 5.63. The molecule has 0 fully saturated rings. The summed E-state index contributed by atoms with van der Waals surface area (Å²) in [4.78, 5) is 6.88. The van der Waals surface area contributed by atoms with Gasteiger partial charge in [-0.05, 0) is 12.8 Å². The second-order valence-corrected chi connectivity index (χ2v) is 6.77. The molecule has 134 valence electrons. The van der Waals surface area contributed by atoms with Crippen molar-refractivity contribution in [2.24, 2.45) is 10.7 Å². The van der Waals surface area contributed by atoms with E-state index < -0.39 is 0 Å². The Balaban J connectivity index is 1.86. The molecule has 1 atom stereocenters. The lowest BCUT2D eigenvalue weighted by Crippen LogP contribution is -2.34. The Bertz CT molecular complexity index is 312. The van der Waals surface area contributed by atoms with Crippen LogP contribution in [0.5, 0.6) is 0 Å². The second-order valence-electron chi connectivity index (χ2n) is 6.77. The first kappa shape index (κ1) is 20.4. The number of nitrogens with zero attached hydrogens (tertiary/aromatic N) is 2. The second kappa shape index (κ2) is 14.9. The first-order valence-electron chi connectivity index (χ1n) is 9.99. The molecule has 1 heterocycles. The van der Waals surface area contributed by atoms with Gasteiger partial charge >= 0.3 is 0 Å². The molecule has 2 N–H and O–H groups in total. The van der Waals surface area contributed by atoms with E-state index in [0.29, 0.717) is 6.17 Å². The van der Waals surface area contributed by atoms with Crippen molar-refractivity contribution in [3.05, 3.63) is 12.2 Å². The summed E-state index contributed by atoms with van der Waals surface area (Å²) in [5, 5.41) is 0. The molecule has 0 aliphatic carbocycles. The van der Waals surface area contributed by atoms with E-state index in [1.165, 1.54) is 70.6 Å². The Morgan fingerprint density at radius 3 is 2.30 bits per heavy atom. The van der Waals surface area contributed by atoms with Crippen LogP contribution in [-0.4, -0.2) is 36.9 Å². The minimum Gasteiger partial charge on any atom is -0.329 e. The molecule has 0 aromatic rings. The zero-order valence-corrected chi connectivity index (χ0v) is 15.4.